The van der Waals surface area contributed by atoms with Gasteiger partial charge in [-0.15, -0.1) is 12.4 Å². The van der Waals surface area contributed by atoms with Crippen LogP contribution in [0.25, 0.3) is 0 Å². The fourth-order valence-corrected chi connectivity index (χ4v) is 3.85. The third kappa shape index (κ3) is 4.99. The summed E-state index contributed by atoms with van der Waals surface area (Å²) in [5.74, 6) is -1.84. The first-order valence-electron chi connectivity index (χ1n) is 10.0. The molecule has 1 aromatic carbocycles. The molecule has 4 rings (SSSR count). The maximum absolute atomic E-state index is 13.0. The van der Waals surface area contributed by atoms with Crippen LogP contribution in [0.15, 0.2) is 30.5 Å². The molecule has 0 spiro atoms. The molecule has 34 heavy (non-hydrogen) atoms. The van der Waals surface area contributed by atoms with Gasteiger partial charge >= 0.3 is 12.1 Å². The van der Waals surface area contributed by atoms with Gasteiger partial charge in [-0.3, -0.25) is 9.69 Å². The molecule has 2 heterocycles. The Kier molecular flexibility index (Phi) is 6.88. The summed E-state index contributed by atoms with van der Waals surface area (Å²) in [7, 11) is 0. The molecular weight excluding hydrogens is 479 g/mol. The van der Waals surface area contributed by atoms with Crippen molar-refractivity contribution in [2.24, 2.45) is 11.3 Å². The number of benzene rings is 1. The van der Waals surface area contributed by atoms with Gasteiger partial charge in [-0.25, -0.2) is 9.78 Å². The number of amides is 1. The Hall–Kier alpha value is -3.59. The second-order valence-corrected chi connectivity index (χ2v) is 7.85. The largest absolute Gasteiger partial charge is 0.483 e. The van der Waals surface area contributed by atoms with Crippen molar-refractivity contribution in [3.8, 4) is 11.8 Å². The normalized spacial score (nSPS) is 19.8. The number of halogens is 4. The summed E-state index contributed by atoms with van der Waals surface area (Å²) in [4.78, 5) is 34.0. The second kappa shape index (κ2) is 9.34. The van der Waals surface area contributed by atoms with E-state index < -0.39 is 35.5 Å². The van der Waals surface area contributed by atoms with Crippen LogP contribution in [0, 0.1) is 22.7 Å². The van der Waals surface area contributed by atoms with Gasteiger partial charge in [0.15, 0.2) is 6.61 Å². The van der Waals surface area contributed by atoms with Gasteiger partial charge in [0, 0.05) is 24.5 Å². The minimum atomic E-state index is -4.64. The molecular formula is C21H19ClF3N5O4. The molecule has 2 N–H and O–H groups in total. The lowest BCUT2D eigenvalue weighted by Crippen LogP contribution is -2.35. The molecule has 1 saturated heterocycles. The number of hydrogen-bond donors (Lipinski definition) is 2. The fraction of sp³-hybridized carbons (Fsp3) is 0.381. The van der Waals surface area contributed by atoms with Crippen LogP contribution in [0.1, 0.15) is 29.6 Å². The van der Waals surface area contributed by atoms with Crippen molar-refractivity contribution in [3.05, 3.63) is 36.0 Å². The molecule has 1 aliphatic heterocycles. The lowest BCUT2D eigenvalue weighted by molar-refractivity contribution is -0.153. The van der Waals surface area contributed by atoms with Gasteiger partial charge in [-0.1, -0.05) is 0 Å². The highest BCUT2D eigenvalue weighted by molar-refractivity contribution is 6.01. The number of carboxylic acids is 1. The summed E-state index contributed by atoms with van der Waals surface area (Å²) < 4.78 is 42.2. The Morgan fingerprint density at radius 3 is 2.71 bits per heavy atom. The van der Waals surface area contributed by atoms with Crippen molar-refractivity contribution in [2.45, 2.75) is 25.4 Å². The van der Waals surface area contributed by atoms with E-state index in [-0.39, 0.29) is 41.7 Å². The molecule has 2 aromatic rings. The van der Waals surface area contributed by atoms with E-state index in [0.29, 0.717) is 13.0 Å². The summed E-state index contributed by atoms with van der Waals surface area (Å²) in [6.45, 7) is -1.32. The molecule has 1 saturated carbocycles. The zero-order valence-corrected chi connectivity index (χ0v) is 18.3. The van der Waals surface area contributed by atoms with Crippen LogP contribution < -0.4 is 15.0 Å². The summed E-state index contributed by atoms with van der Waals surface area (Å²) >= 11 is 0. The molecule has 0 unspecified atom stereocenters. The molecule has 2 aliphatic rings. The molecule has 2 fully saturated rings. The summed E-state index contributed by atoms with van der Waals surface area (Å²) in [5.41, 5.74) is -1.28. The maximum Gasteiger partial charge on any atom is 0.422 e. The van der Waals surface area contributed by atoms with Crippen LogP contribution in [-0.4, -0.2) is 46.3 Å². The Labute approximate surface area is 198 Å². The predicted molar refractivity (Wildman–Crippen MR) is 115 cm³/mol. The first-order chi connectivity index (χ1) is 15.6. The van der Waals surface area contributed by atoms with Crippen LogP contribution in [-0.2, 0) is 4.79 Å². The molecule has 0 radical (unpaired) electrons. The van der Waals surface area contributed by atoms with E-state index in [1.54, 1.807) is 0 Å². The number of nitrogens with zero attached hydrogens (tertiary/aromatic N) is 4. The Morgan fingerprint density at radius 1 is 1.35 bits per heavy atom. The number of nitriles is 1. The monoisotopic (exact) mass is 497 g/mol. The Bertz CT molecular complexity index is 1150. The van der Waals surface area contributed by atoms with Crippen molar-refractivity contribution in [2.75, 3.05) is 23.4 Å². The minimum absolute atomic E-state index is 0. The predicted octanol–water partition coefficient (Wildman–Crippen LogP) is 3.94. The zero-order chi connectivity index (χ0) is 23.8. The molecule has 9 nitrogen and oxygen atoms in total. The zero-order valence-electron chi connectivity index (χ0n) is 17.5. The highest BCUT2D eigenvalue weighted by Gasteiger charge is 2.57. The Morgan fingerprint density at radius 2 is 2.09 bits per heavy atom. The van der Waals surface area contributed by atoms with Crippen molar-refractivity contribution < 1.29 is 32.6 Å². The van der Waals surface area contributed by atoms with E-state index >= 15 is 0 Å². The molecule has 13 heteroatoms. The highest BCUT2D eigenvalue weighted by atomic mass is 35.5. The summed E-state index contributed by atoms with van der Waals surface area (Å²) in [6.07, 6.45) is -1.15. The van der Waals surface area contributed by atoms with Gasteiger partial charge < -0.3 is 15.2 Å². The lowest BCUT2D eigenvalue weighted by Gasteiger charge is -2.20. The minimum Gasteiger partial charge on any atom is -0.483 e. The van der Waals surface area contributed by atoms with Gasteiger partial charge in [-0.05, 0) is 43.4 Å². The number of aromatic carboxylic acids is 1. The molecule has 1 atom stereocenters. The van der Waals surface area contributed by atoms with Crippen molar-refractivity contribution in [1.29, 1.82) is 5.26 Å². The number of carbonyl (C=O) groups excluding carboxylic acids is 1. The number of ether oxygens (including phenoxy) is 1. The van der Waals surface area contributed by atoms with Gasteiger partial charge in [0.1, 0.15) is 22.5 Å². The number of alkyl halides is 3. The van der Waals surface area contributed by atoms with Crippen LogP contribution in [0.3, 0.4) is 0 Å². The molecule has 1 aliphatic carbocycles. The van der Waals surface area contributed by atoms with Crippen molar-refractivity contribution >= 4 is 41.7 Å². The molecule has 1 aromatic heterocycles. The molecule has 0 bridgehead atoms. The second-order valence-electron chi connectivity index (χ2n) is 7.85. The van der Waals surface area contributed by atoms with Gasteiger partial charge in [0.05, 0.1) is 6.07 Å². The molecule has 1 amide bonds. The third-order valence-electron chi connectivity index (χ3n) is 5.61. The molecule has 180 valence electrons. The average Bonchev–Trinajstić information content (AvgIpc) is 3.56. The topological polar surface area (TPSA) is 128 Å². The van der Waals surface area contributed by atoms with E-state index in [2.05, 4.69) is 26.1 Å². The van der Waals surface area contributed by atoms with E-state index in [0.717, 1.165) is 25.0 Å². The van der Waals surface area contributed by atoms with Crippen LogP contribution in [0.2, 0.25) is 0 Å². The van der Waals surface area contributed by atoms with Crippen LogP contribution in [0.5, 0.6) is 5.75 Å². The Balaban J connectivity index is 0.00000324. The average molecular weight is 498 g/mol. The van der Waals surface area contributed by atoms with Crippen molar-refractivity contribution in [1.82, 2.24) is 9.97 Å². The smallest absolute Gasteiger partial charge is 0.422 e. The van der Waals surface area contributed by atoms with E-state index in [4.69, 9.17) is 0 Å². The van der Waals surface area contributed by atoms with Crippen LogP contribution >= 0.6 is 12.4 Å². The number of carboxylic acid groups (broad SMARTS) is 1. The first-order valence-corrected chi connectivity index (χ1v) is 10.0. The first kappa shape index (κ1) is 25.0. The van der Waals surface area contributed by atoms with Gasteiger partial charge in [0.2, 0.25) is 11.9 Å². The standard InChI is InChI=1S/C21H18F3N5O4.ClH/c22-21(23,24)11-33-15-9-13(3-4-14(15)17(30)31)27-19-26-7-5-16(28-19)29-8-6-20(10-25,18(29)32)12-1-2-12;/h3-5,7,9,12H,1-2,6,8,11H2,(H,30,31)(H,26,27,28);1H/t20-;/m1./s1. The summed E-state index contributed by atoms with van der Waals surface area (Å²) in [5, 5.41) is 21.6. The number of hydrogen-bond acceptors (Lipinski definition) is 7. The van der Waals surface area contributed by atoms with E-state index in [9.17, 15) is 33.1 Å². The number of anilines is 3. The lowest BCUT2D eigenvalue weighted by atomic mass is 9.83. The number of nitrogens with one attached hydrogen (secondary N) is 1. The fourth-order valence-electron chi connectivity index (χ4n) is 3.85. The maximum atomic E-state index is 13.0. The number of carbonyl (C=O) groups is 2. The SMILES string of the molecule is Cl.N#C[C@@]1(C2CC2)CCN(c2ccnc(Nc3ccc(C(=O)O)c(OCC(F)(F)F)c3)n2)C1=O. The quantitative estimate of drug-likeness (QED) is 0.588. The highest BCUT2D eigenvalue weighted by Crippen LogP contribution is 2.51. The van der Waals surface area contributed by atoms with Crippen molar-refractivity contribution in [3.63, 3.8) is 0 Å². The van der Waals surface area contributed by atoms with Crippen LogP contribution in [0.4, 0.5) is 30.6 Å². The number of aromatic nitrogens is 2. The summed E-state index contributed by atoms with van der Waals surface area (Å²) in [6, 6.07) is 7.24. The van der Waals surface area contributed by atoms with E-state index in [1.807, 2.05) is 0 Å². The van der Waals surface area contributed by atoms with E-state index in [1.165, 1.54) is 23.2 Å². The number of rotatable bonds is 7. The van der Waals surface area contributed by atoms with Gasteiger partial charge in [0.25, 0.3) is 0 Å². The van der Waals surface area contributed by atoms with Gasteiger partial charge in [-0.2, -0.15) is 23.4 Å². The third-order valence-corrected chi connectivity index (χ3v) is 5.61.